The number of para-hydroxylation sites is 2. The SMILES string of the molecule is CCOC(=O)c1c(NC(=S)N2CCN(c3ccccc3OC)CC2)sc(C)c1C. The lowest BCUT2D eigenvalue weighted by Gasteiger charge is -2.37. The van der Waals surface area contributed by atoms with E-state index in [0.29, 0.717) is 17.3 Å². The first kappa shape index (κ1) is 21.4. The van der Waals surface area contributed by atoms with Gasteiger partial charge in [-0.1, -0.05) is 12.1 Å². The van der Waals surface area contributed by atoms with E-state index < -0.39 is 0 Å². The minimum absolute atomic E-state index is 0.305. The largest absolute Gasteiger partial charge is 0.495 e. The van der Waals surface area contributed by atoms with Crippen molar-refractivity contribution in [1.29, 1.82) is 0 Å². The van der Waals surface area contributed by atoms with Crippen LogP contribution in [-0.4, -0.2) is 55.9 Å². The number of piperazine rings is 1. The molecule has 1 saturated heterocycles. The molecule has 1 aromatic carbocycles. The summed E-state index contributed by atoms with van der Waals surface area (Å²) in [6, 6.07) is 8.05. The number of carbonyl (C=O) groups is 1. The molecule has 3 rings (SSSR count). The van der Waals surface area contributed by atoms with Crippen LogP contribution in [0.1, 0.15) is 27.7 Å². The van der Waals surface area contributed by atoms with Gasteiger partial charge in [-0.05, 0) is 50.7 Å². The van der Waals surface area contributed by atoms with Gasteiger partial charge in [0.15, 0.2) is 5.11 Å². The molecule has 6 nitrogen and oxygen atoms in total. The van der Waals surface area contributed by atoms with Gasteiger partial charge >= 0.3 is 5.97 Å². The molecule has 0 radical (unpaired) electrons. The van der Waals surface area contributed by atoms with Gasteiger partial charge in [0.1, 0.15) is 10.8 Å². The predicted octanol–water partition coefficient (Wildman–Crippen LogP) is 4.07. The van der Waals surface area contributed by atoms with Gasteiger partial charge in [0, 0.05) is 31.1 Å². The van der Waals surface area contributed by atoms with Crippen LogP contribution in [0.15, 0.2) is 24.3 Å². The molecule has 0 atom stereocenters. The second kappa shape index (κ2) is 9.45. The fourth-order valence-electron chi connectivity index (χ4n) is 3.38. The fourth-order valence-corrected chi connectivity index (χ4v) is 4.78. The third kappa shape index (κ3) is 4.64. The second-order valence-electron chi connectivity index (χ2n) is 6.78. The molecule has 0 amide bonds. The van der Waals surface area contributed by atoms with Gasteiger partial charge < -0.3 is 24.6 Å². The topological polar surface area (TPSA) is 54.0 Å². The van der Waals surface area contributed by atoms with Crippen molar-refractivity contribution in [3.05, 3.63) is 40.3 Å². The first-order valence-corrected chi connectivity index (χ1v) is 10.9. The number of hydrogen-bond donors (Lipinski definition) is 1. The molecule has 0 aliphatic carbocycles. The highest BCUT2D eigenvalue weighted by Crippen LogP contribution is 2.33. The van der Waals surface area contributed by atoms with Crippen LogP contribution in [0.4, 0.5) is 10.7 Å². The number of hydrogen-bond acceptors (Lipinski definition) is 6. The summed E-state index contributed by atoms with van der Waals surface area (Å²) in [5, 5.41) is 4.69. The molecule has 1 aliphatic heterocycles. The summed E-state index contributed by atoms with van der Waals surface area (Å²) in [4.78, 5) is 17.9. The van der Waals surface area contributed by atoms with Crippen LogP contribution in [0.5, 0.6) is 5.75 Å². The van der Waals surface area contributed by atoms with Gasteiger partial charge in [0.25, 0.3) is 0 Å². The zero-order valence-electron chi connectivity index (χ0n) is 17.3. The van der Waals surface area contributed by atoms with Crippen LogP contribution < -0.4 is 15.0 Å². The van der Waals surface area contributed by atoms with E-state index in [1.54, 1.807) is 7.11 Å². The molecule has 156 valence electrons. The minimum Gasteiger partial charge on any atom is -0.495 e. The van der Waals surface area contributed by atoms with Crippen molar-refractivity contribution in [2.75, 3.05) is 50.1 Å². The Balaban J connectivity index is 1.66. The van der Waals surface area contributed by atoms with Gasteiger partial charge in [-0.3, -0.25) is 0 Å². The Morgan fingerprint density at radius 2 is 1.90 bits per heavy atom. The molecule has 2 aromatic rings. The number of methoxy groups -OCH3 is 1. The number of rotatable bonds is 5. The summed E-state index contributed by atoms with van der Waals surface area (Å²) in [5.41, 5.74) is 2.63. The number of carbonyl (C=O) groups excluding carboxylic acids is 1. The number of ether oxygens (including phenoxy) is 2. The van der Waals surface area contributed by atoms with Crippen molar-refractivity contribution < 1.29 is 14.3 Å². The Morgan fingerprint density at radius 3 is 2.55 bits per heavy atom. The van der Waals surface area contributed by atoms with Crippen molar-refractivity contribution in [1.82, 2.24) is 4.90 Å². The normalized spacial score (nSPS) is 13.9. The molecular formula is C21H27N3O3S2. The number of benzene rings is 1. The van der Waals surface area contributed by atoms with Gasteiger partial charge in [-0.2, -0.15) is 0 Å². The molecule has 8 heteroatoms. The van der Waals surface area contributed by atoms with Crippen LogP contribution in [-0.2, 0) is 4.74 Å². The first-order chi connectivity index (χ1) is 14.0. The molecule has 2 heterocycles. The van der Waals surface area contributed by atoms with Crippen LogP contribution in [0.2, 0.25) is 0 Å². The average molecular weight is 434 g/mol. The third-order valence-electron chi connectivity index (χ3n) is 5.08. The lowest BCUT2D eigenvalue weighted by molar-refractivity contribution is 0.0527. The molecular weight excluding hydrogens is 406 g/mol. The molecule has 0 unspecified atom stereocenters. The smallest absolute Gasteiger partial charge is 0.341 e. The van der Waals surface area contributed by atoms with E-state index in [1.165, 1.54) is 11.3 Å². The number of nitrogens with zero attached hydrogens (tertiary/aromatic N) is 2. The molecule has 0 bridgehead atoms. The van der Waals surface area contributed by atoms with E-state index in [0.717, 1.165) is 53.1 Å². The highest BCUT2D eigenvalue weighted by molar-refractivity contribution is 7.80. The van der Waals surface area contributed by atoms with E-state index >= 15 is 0 Å². The van der Waals surface area contributed by atoms with Crippen LogP contribution in [0, 0.1) is 13.8 Å². The van der Waals surface area contributed by atoms with Gasteiger partial charge in [-0.25, -0.2) is 4.79 Å². The van der Waals surface area contributed by atoms with Crippen molar-refractivity contribution in [2.45, 2.75) is 20.8 Å². The molecule has 29 heavy (non-hydrogen) atoms. The maximum Gasteiger partial charge on any atom is 0.341 e. The summed E-state index contributed by atoms with van der Waals surface area (Å²) in [7, 11) is 1.69. The fraction of sp³-hybridized carbons (Fsp3) is 0.429. The summed E-state index contributed by atoms with van der Waals surface area (Å²) in [6.45, 7) is 9.38. The quantitative estimate of drug-likeness (QED) is 0.563. The summed E-state index contributed by atoms with van der Waals surface area (Å²) < 4.78 is 10.7. The zero-order chi connectivity index (χ0) is 21.0. The Bertz CT molecular complexity index is 889. The van der Waals surface area contributed by atoms with E-state index in [-0.39, 0.29) is 5.97 Å². The Hall–Kier alpha value is -2.32. The van der Waals surface area contributed by atoms with Gasteiger partial charge in [0.2, 0.25) is 0 Å². The number of thiocarbonyl (C=S) groups is 1. The number of thiophene rings is 1. The number of aryl methyl sites for hydroxylation is 1. The monoisotopic (exact) mass is 433 g/mol. The molecule has 1 aliphatic rings. The van der Waals surface area contributed by atoms with E-state index in [9.17, 15) is 4.79 Å². The number of esters is 1. The summed E-state index contributed by atoms with van der Waals surface area (Å²) >= 11 is 7.19. The van der Waals surface area contributed by atoms with Crippen molar-refractivity contribution >= 4 is 45.3 Å². The van der Waals surface area contributed by atoms with Crippen LogP contribution in [0.25, 0.3) is 0 Å². The number of anilines is 2. The summed E-state index contributed by atoms with van der Waals surface area (Å²) in [5.74, 6) is 0.575. The molecule has 1 fully saturated rings. The highest BCUT2D eigenvalue weighted by Gasteiger charge is 2.25. The Labute approximate surface area is 181 Å². The highest BCUT2D eigenvalue weighted by atomic mass is 32.1. The molecule has 0 saturated carbocycles. The lowest BCUT2D eigenvalue weighted by atomic mass is 10.1. The van der Waals surface area contributed by atoms with Crippen molar-refractivity contribution in [2.24, 2.45) is 0 Å². The van der Waals surface area contributed by atoms with Gasteiger partial charge in [-0.15, -0.1) is 11.3 Å². The Kier molecular flexibility index (Phi) is 6.97. The standard InChI is InChI=1S/C21H27N3O3S2/c1-5-27-20(25)18-14(2)15(3)29-19(18)22-21(28)24-12-10-23(11-13-24)16-8-6-7-9-17(16)26-4/h6-9H,5,10-13H2,1-4H3,(H,22,28). The lowest BCUT2D eigenvalue weighted by Crippen LogP contribution is -2.50. The van der Waals surface area contributed by atoms with Crippen molar-refractivity contribution in [3.63, 3.8) is 0 Å². The van der Waals surface area contributed by atoms with E-state index in [4.69, 9.17) is 21.7 Å². The molecule has 1 aromatic heterocycles. The minimum atomic E-state index is -0.305. The Morgan fingerprint density at radius 1 is 1.21 bits per heavy atom. The third-order valence-corrected chi connectivity index (χ3v) is 6.56. The maximum atomic E-state index is 12.4. The van der Waals surface area contributed by atoms with Crippen molar-refractivity contribution in [3.8, 4) is 5.75 Å². The second-order valence-corrected chi connectivity index (χ2v) is 8.40. The molecule has 1 N–H and O–H groups in total. The van der Waals surface area contributed by atoms with E-state index in [1.807, 2.05) is 39.0 Å². The predicted molar refractivity (Wildman–Crippen MR) is 123 cm³/mol. The summed E-state index contributed by atoms with van der Waals surface area (Å²) in [6.07, 6.45) is 0. The van der Waals surface area contributed by atoms with Crippen LogP contribution in [0.3, 0.4) is 0 Å². The van der Waals surface area contributed by atoms with Gasteiger partial charge in [0.05, 0.1) is 25.0 Å². The maximum absolute atomic E-state index is 12.4. The average Bonchev–Trinajstić information content (AvgIpc) is 3.01. The first-order valence-electron chi connectivity index (χ1n) is 9.67. The zero-order valence-corrected chi connectivity index (χ0v) is 18.9. The van der Waals surface area contributed by atoms with E-state index in [2.05, 4.69) is 21.2 Å². The number of nitrogens with one attached hydrogen (secondary N) is 1. The van der Waals surface area contributed by atoms with Crippen LogP contribution >= 0.6 is 23.6 Å². The molecule has 0 spiro atoms.